The van der Waals surface area contributed by atoms with Crippen molar-refractivity contribution in [3.05, 3.63) is 33.1 Å². The van der Waals surface area contributed by atoms with Gasteiger partial charge in [0.2, 0.25) is 0 Å². The fourth-order valence-electron chi connectivity index (χ4n) is 2.45. The van der Waals surface area contributed by atoms with Crippen LogP contribution in [0.1, 0.15) is 37.9 Å². The second kappa shape index (κ2) is 6.89. The fourth-order valence-corrected chi connectivity index (χ4v) is 3.23. The molecule has 0 atom stereocenters. The molecule has 2 aromatic heterocycles. The van der Waals surface area contributed by atoms with Crippen molar-refractivity contribution in [1.29, 1.82) is 0 Å². The lowest BCUT2D eigenvalue weighted by Gasteiger charge is -2.13. The van der Waals surface area contributed by atoms with Gasteiger partial charge >= 0.3 is 0 Å². The van der Waals surface area contributed by atoms with Crippen LogP contribution in [-0.2, 0) is 6.54 Å². The molecule has 0 spiro atoms. The van der Waals surface area contributed by atoms with Crippen LogP contribution in [0.15, 0.2) is 16.2 Å². The van der Waals surface area contributed by atoms with E-state index in [1.807, 2.05) is 30.7 Å². The van der Waals surface area contributed by atoms with Gasteiger partial charge < -0.3 is 9.88 Å². The Labute approximate surface area is 129 Å². The molecule has 4 nitrogen and oxygen atoms in total. The lowest BCUT2D eigenvalue weighted by atomic mass is 10.1. The highest BCUT2D eigenvalue weighted by Gasteiger charge is 2.15. The van der Waals surface area contributed by atoms with Gasteiger partial charge in [0, 0.05) is 24.2 Å². The number of hydrogen-bond donors (Lipinski definition) is 1. The lowest BCUT2D eigenvalue weighted by Crippen LogP contribution is -2.25. The first kappa shape index (κ1) is 15.8. The Morgan fingerprint density at radius 1 is 1.33 bits per heavy atom. The predicted molar refractivity (Wildman–Crippen MR) is 90.4 cm³/mol. The maximum Gasteiger partial charge on any atom is 0.260 e. The second-order valence-electron chi connectivity index (χ2n) is 5.22. The average Bonchev–Trinajstić information content (AvgIpc) is 2.87. The van der Waals surface area contributed by atoms with E-state index < -0.39 is 0 Å². The summed E-state index contributed by atoms with van der Waals surface area (Å²) in [4.78, 5) is 17.3. The summed E-state index contributed by atoms with van der Waals surface area (Å²) in [6.07, 6.45) is 2.10. The number of pyridine rings is 1. The Balaban J connectivity index is 2.49. The molecule has 0 unspecified atom stereocenters. The number of rotatable bonds is 6. The molecule has 0 bridgehead atoms. The van der Waals surface area contributed by atoms with Crippen LogP contribution in [0, 0.1) is 13.8 Å². The minimum atomic E-state index is 0.0781. The van der Waals surface area contributed by atoms with Crippen molar-refractivity contribution >= 4 is 16.5 Å². The van der Waals surface area contributed by atoms with Crippen LogP contribution in [0.25, 0.3) is 11.3 Å². The van der Waals surface area contributed by atoms with Gasteiger partial charge in [0.05, 0.1) is 11.3 Å². The van der Waals surface area contributed by atoms with Gasteiger partial charge in [0.1, 0.15) is 0 Å². The van der Waals surface area contributed by atoms with Crippen LogP contribution in [0.2, 0.25) is 0 Å². The molecule has 5 heteroatoms. The Bertz CT molecular complexity index is 673. The lowest BCUT2D eigenvalue weighted by molar-refractivity contribution is 0.599. The van der Waals surface area contributed by atoms with Crippen LogP contribution in [0.3, 0.4) is 0 Å². The summed E-state index contributed by atoms with van der Waals surface area (Å²) >= 11 is 1.54. The van der Waals surface area contributed by atoms with Crippen LogP contribution in [0.5, 0.6) is 0 Å². The van der Waals surface area contributed by atoms with Crippen LogP contribution < -0.4 is 10.9 Å². The Morgan fingerprint density at radius 2 is 2.10 bits per heavy atom. The van der Waals surface area contributed by atoms with Crippen LogP contribution in [0.4, 0.5) is 5.13 Å². The topological polar surface area (TPSA) is 46.9 Å². The molecule has 1 N–H and O–H groups in total. The molecule has 0 radical (unpaired) electrons. The highest BCUT2D eigenvalue weighted by Crippen LogP contribution is 2.25. The minimum Gasteiger partial charge on any atom is -0.362 e. The number of nitrogens with one attached hydrogen (secondary N) is 1. The Kier molecular flexibility index (Phi) is 5.17. The largest absolute Gasteiger partial charge is 0.362 e. The second-order valence-corrected chi connectivity index (χ2v) is 6.08. The van der Waals surface area contributed by atoms with Crippen molar-refractivity contribution in [2.24, 2.45) is 0 Å². The maximum atomic E-state index is 12.8. The summed E-state index contributed by atoms with van der Waals surface area (Å²) < 4.78 is 1.87. The molecule has 2 aromatic rings. The van der Waals surface area contributed by atoms with Crippen molar-refractivity contribution in [2.75, 3.05) is 11.9 Å². The highest BCUT2D eigenvalue weighted by atomic mass is 32.1. The van der Waals surface area contributed by atoms with Gasteiger partial charge in [-0.2, -0.15) is 0 Å². The predicted octanol–water partition coefficient (Wildman–Crippen LogP) is 3.82. The number of hydrogen-bond acceptors (Lipinski definition) is 4. The molecule has 2 heterocycles. The summed E-state index contributed by atoms with van der Waals surface area (Å²) in [5.74, 6) is 0. The van der Waals surface area contributed by atoms with E-state index in [1.165, 1.54) is 0 Å². The SMILES string of the molecule is CCCCn1c(C)cc(C)c(-c2csc(NCC)n2)c1=O. The quantitative estimate of drug-likeness (QED) is 0.882. The third kappa shape index (κ3) is 3.35. The molecule has 0 saturated carbocycles. The van der Waals surface area contributed by atoms with Gasteiger partial charge in [0.15, 0.2) is 5.13 Å². The van der Waals surface area contributed by atoms with Gasteiger partial charge in [-0.05, 0) is 38.8 Å². The summed E-state index contributed by atoms with van der Waals surface area (Å²) in [5, 5.41) is 6.02. The van der Waals surface area contributed by atoms with Crippen molar-refractivity contribution in [1.82, 2.24) is 9.55 Å². The number of nitrogens with zero attached hydrogens (tertiary/aromatic N) is 2. The number of anilines is 1. The van der Waals surface area contributed by atoms with Crippen molar-refractivity contribution < 1.29 is 0 Å². The van der Waals surface area contributed by atoms with Gasteiger partial charge in [-0.25, -0.2) is 4.98 Å². The summed E-state index contributed by atoms with van der Waals surface area (Å²) in [6, 6.07) is 2.08. The van der Waals surface area contributed by atoms with E-state index in [4.69, 9.17) is 0 Å². The molecule has 0 aliphatic heterocycles. The zero-order chi connectivity index (χ0) is 15.4. The highest BCUT2D eigenvalue weighted by molar-refractivity contribution is 7.14. The van der Waals surface area contributed by atoms with Crippen LogP contribution >= 0.6 is 11.3 Å². The maximum absolute atomic E-state index is 12.8. The molecule has 0 aliphatic carbocycles. The molecule has 0 saturated heterocycles. The molecule has 0 aromatic carbocycles. The zero-order valence-electron chi connectivity index (χ0n) is 13.2. The third-order valence-electron chi connectivity index (χ3n) is 3.53. The standard InChI is InChI=1S/C16H23N3OS/c1-5-7-8-19-12(4)9-11(3)14(15(19)20)13-10-21-16(18-13)17-6-2/h9-10H,5-8H2,1-4H3,(H,17,18). The fraction of sp³-hybridized carbons (Fsp3) is 0.500. The molecule has 114 valence electrons. The molecular weight excluding hydrogens is 282 g/mol. The monoisotopic (exact) mass is 305 g/mol. The molecule has 0 aliphatic rings. The molecule has 2 rings (SSSR count). The first-order chi connectivity index (χ1) is 10.1. The summed E-state index contributed by atoms with van der Waals surface area (Å²) in [7, 11) is 0. The van der Waals surface area contributed by atoms with Crippen molar-refractivity contribution in [3.63, 3.8) is 0 Å². The van der Waals surface area contributed by atoms with Gasteiger partial charge in [0.25, 0.3) is 5.56 Å². The van der Waals surface area contributed by atoms with Crippen LogP contribution in [-0.4, -0.2) is 16.1 Å². The van der Waals surface area contributed by atoms with E-state index in [9.17, 15) is 4.79 Å². The number of aromatic nitrogens is 2. The van der Waals surface area contributed by atoms with Gasteiger partial charge in [-0.1, -0.05) is 13.3 Å². The van der Waals surface area contributed by atoms with E-state index in [1.54, 1.807) is 11.3 Å². The van der Waals surface area contributed by atoms with Crippen molar-refractivity contribution in [2.45, 2.75) is 47.1 Å². The minimum absolute atomic E-state index is 0.0781. The number of aryl methyl sites for hydroxylation is 2. The van der Waals surface area contributed by atoms with E-state index >= 15 is 0 Å². The average molecular weight is 305 g/mol. The molecular formula is C16H23N3OS. The van der Waals surface area contributed by atoms with E-state index in [-0.39, 0.29) is 5.56 Å². The number of unbranched alkanes of at least 4 members (excludes halogenated alkanes) is 1. The summed E-state index contributed by atoms with van der Waals surface area (Å²) in [5.41, 5.74) is 3.62. The van der Waals surface area contributed by atoms with E-state index in [2.05, 4.69) is 23.3 Å². The molecule has 0 amide bonds. The summed E-state index contributed by atoms with van der Waals surface area (Å²) in [6.45, 7) is 9.77. The number of thiazole rings is 1. The molecule has 0 fully saturated rings. The smallest absolute Gasteiger partial charge is 0.260 e. The normalized spacial score (nSPS) is 10.9. The van der Waals surface area contributed by atoms with E-state index in [0.29, 0.717) is 0 Å². The van der Waals surface area contributed by atoms with Gasteiger partial charge in [-0.3, -0.25) is 4.79 Å². The van der Waals surface area contributed by atoms with Crippen molar-refractivity contribution in [3.8, 4) is 11.3 Å². The first-order valence-electron chi connectivity index (χ1n) is 7.49. The molecule has 21 heavy (non-hydrogen) atoms. The first-order valence-corrected chi connectivity index (χ1v) is 8.37. The third-order valence-corrected chi connectivity index (χ3v) is 4.33. The zero-order valence-corrected chi connectivity index (χ0v) is 14.0. The Morgan fingerprint density at radius 3 is 2.76 bits per heavy atom. The Hall–Kier alpha value is -1.62. The van der Waals surface area contributed by atoms with Gasteiger partial charge in [-0.15, -0.1) is 11.3 Å². The van der Waals surface area contributed by atoms with E-state index in [0.717, 1.165) is 53.6 Å².